The number of esters is 1. The van der Waals surface area contributed by atoms with Crippen molar-refractivity contribution in [3.63, 3.8) is 0 Å². The Kier molecular flexibility index (Phi) is 4.95. The largest absolute Gasteiger partial charge is 0.459 e. The average Bonchev–Trinajstić information content (AvgIpc) is 3.35. The fraction of sp³-hybridized carbons (Fsp3) is 0.316. The third-order valence-electron chi connectivity index (χ3n) is 4.55. The molecule has 0 unspecified atom stereocenters. The van der Waals surface area contributed by atoms with Crippen LogP contribution in [0.4, 0.5) is 17.6 Å². The molecule has 3 aromatic rings. The first kappa shape index (κ1) is 19.3. The lowest BCUT2D eigenvalue weighted by Crippen LogP contribution is -2.18. The molecule has 2 aromatic heterocycles. The summed E-state index contributed by atoms with van der Waals surface area (Å²) in [6, 6.07) is 5.64. The lowest BCUT2D eigenvalue weighted by atomic mass is 10.1. The van der Waals surface area contributed by atoms with Crippen molar-refractivity contribution in [2.45, 2.75) is 25.1 Å². The van der Waals surface area contributed by atoms with E-state index in [9.17, 15) is 22.4 Å². The number of halogens is 4. The first-order valence-corrected chi connectivity index (χ1v) is 8.83. The monoisotopic (exact) mass is 409 g/mol. The highest BCUT2D eigenvalue weighted by atomic mass is 19.4. The summed E-state index contributed by atoms with van der Waals surface area (Å²) in [4.78, 5) is 16.6. The van der Waals surface area contributed by atoms with Gasteiger partial charge in [0, 0.05) is 12.2 Å². The SMILES string of the molecule is O=C(OC[C@H]1CCCO1)c1cnn2c(C(F)(F)F)cc(-c3ccc(F)cc3)nc12. The number of rotatable bonds is 4. The molecule has 1 aromatic carbocycles. The van der Waals surface area contributed by atoms with Crippen LogP contribution in [-0.4, -0.2) is 39.9 Å². The number of fused-ring (bicyclic) bond motifs is 1. The molecular weight excluding hydrogens is 394 g/mol. The third kappa shape index (κ3) is 3.93. The second-order valence-corrected chi connectivity index (χ2v) is 6.56. The second kappa shape index (κ2) is 7.43. The lowest BCUT2D eigenvalue weighted by Gasteiger charge is -2.12. The zero-order chi connectivity index (χ0) is 20.6. The van der Waals surface area contributed by atoms with E-state index in [0.717, 1.165) is 37.2 Å². The minimum absolute atomic E-state index is 0.0000455. The molecule has 1 aliphatic rings. The van der Waals surface area contributed by atoms with E-state index in [1.165, 1.54) is 12.1 Å². The molecule has 1 atom stereocenters. The molecule has 3 heterocycles. The van der Waals surface area contributed by atoms with Gasteiger partial charge in [-0.3, -0.25) is 0 Å². The smallest absolute Gasteiger partial charge is 0.433 e. The highest BCUT2D eigenvalue weighted by Gasteiger charge is 2.36. The number of carbonyl (C=O) groups is 1. The molecule has 6 nitrogen and oxygen atoms in total. The maximum atomic E-state index is 13.6. The van der Waals surface area contributed by atoms with Gasteiger partial charge in [0.2, 0.25) is 0 Å². The molecule has 1 saturated heterocycles. The van der Waals surface area contributed by atoms with E-state index >= 15 is 0 Å². The molecule has 0 bridgehead atoms. The predicted octanol–water partition coefficient (Wildman–Crippen LogP) is 3.89. The van der Waals surface area contributed by atoms with Crippen LogP contribution in [0.5, 0.6) is 0 Å². The van der Waals surface area contributed by atoms with Crippen LogP contribution in [0.25, 0.3) is 16.9 Å². The normalized spacial score (nSPS) is 17.0. The average molecular weight is 409 g/mol. The summed E-state index contributed by atoms with van der Waals surface area (Å²) in [5, 5.41) is 3.68. The van der Waals surface area contributed by atoms with E-state index in [4.69, 9.17) is 9.47 Å². The summed E-state index contributed by atoms with van der Waals surface area (Å²) in [7, 11) is 0. The minimum atomic E-state index is -4.75. The van der Waals surface area contributed by atoms with Crippen LogP contribution in [0, 0.1) is 5.82 Å². The lowest BCUT2D eigenvalue weighted by molar-refractivity contribution is -0.142. The van der Waals surface area contributed by atoms with Crippen molar-refractivity contribution in [2.24, 2.45) is 0 Å². The fourth-order valence-corrected chi connectivity index (χ4v) is 3.10. The topological polar surface area (TPSA) is 65.7 Å². The first-order valence-electron chi connectivity index (χ1n) is 8.83. The quantitative estimate of drug-likeness (QED) is 0.483. The third-order valence-corrected chi connectivity index (χ3v) is 4.55. The van der Waals surface area contributed by atoms with Gasteiger partial charge in [-0.2, -0.15) is 18.3 Å². The maximum Gasteiger partial charge on any atom is 0.433 e. The van der Waals surface area contributed by atoms with Gasteiger partial charge in [-0.1, -0.05) is 0 Å². The molecule has 0 radical (unpaired) electrons. The van der Waals surface area contributed by atoms with Crippen LogP contribution in [0.1, 0.15) is 28.9 Å². The van der Waals surface area contributed by atoms with Gasteiger partial charge in [-0.15, -0.1) is 0 Å². The Morgan fingerprint density at radius 3 is 2.69 bits per heavy atom. The Labute approximate surface area is 162 Å². The Morgan fingerprint density at radius 1 is 1.28 bits per heavy atom. The number of hydrogen-bond acceptors (Lipinski definition) is 5. The summed E-state index contributed by atoms with van der Waals surface area (Å²) in [5.74, 6) is -1.37. The standard InChI is InChI=1S/C19H15F4N3O3/c20-12-5-3-11(4-6-12)15-8-16(19(21,22)23)26-17(25-15)14(9-24-26)18(27)29-10-13-2-1-7-28-13/h3-6,8-9,13H,1-2,7,10H2/t13-/m1/s1. The molecule has 0 N–H and O–H groups in total. The molecule has 1 fully saturated rings. The summed E-state index contributed by atoms with van der Waals surface area (Å²) in [5.41, 5.74) is -1.41. The van der Waals surface area contributed by atoms with Crippen molar-refractivity contribution in [3.05, 3.63) is 53.6 Å². The van der Waals surface area contributed by atoms with Crippen LogP contribution >= 0.6 is 0 Å². The van der Waals surface area contributed by atoms with Gasteiger partial charge in [-0.05, 0) is 43.2 Å². The Bertz CT molecular complexity index is 1040. The Hall–Kier alpha value is -3.01. The van der Waals surface area contributed by atoms with E-state index in [1.807, 2.05) is 0 Å². The highest BCUT2D eigenvalue weighted by Crippen LogP contribution is 2.33. The molecule has 0 spiro atoms. The summed E-state index contributed by atoms with van der Waals surface area (Å²) < 4.78 is 64.9. The van der Waals surface area contributed by atoms with Gasteiger partial charge in [0.15, 0.2) is 11.3 Å². The molecular formula is C19H15F4N3O3. The molecule has 152 valence electrons. The molecule has 10 heteroatoms. The summed E-state index contributed by atoms with van der Waals surface area (Å²) in [6.07, 6.45) is -2.39. The zero-order valence-corrected chi connectivity index (χ0v) is 14.9. The minimum Gasteiger partial charge on any atom is -0.459 e. The molecule has 0 saturated carbocycles. The van der Waals surface area contributed by atoms with Crippen LogP contribution in [0.3, 0.4) is 0 Å². The Morgan fingerprint density at radius 2 is 2.03 bits per heavy atom. The van der Waals surface area contributed by atoms with E-state index in [0.29, 0.717) is 11.1 Å². The molecule has 4 rings (SSSR count). The number of benzene rings is 1. The van der Waals surface area contributed by atoms with Crippen LogP contribution < -0.4 is 0 Å². The molecule has 0 amide bonds. The van der Waals surface area contributed by atoms with Gasteiger partial charge in [0.1, 0.15) is 18.0 Å². The molecule has 1 aliphatic heterocycles. The predicted molar refractivity (Wildman–Crippen MR) is 92.6 cm³/mol. The summed E-state index contributed by atoms with van der Waals surface area (Å²) in [6.45, 7) is 0.580. The van der Waals surface area contributed by atoms with Crippen molar-refractivity contribution >= 4 is 11.6 Å². The van der Waals surface area contributed by atoms with Crippen molar-refractivity contribution in [1.29, 1.82) is 0 Å². The van der Waals surface area contributed by atoms with Crippen LogP contribution in [-0.2, 0) is 15.7 Å². The first-order chi connectivity index (χ1) is 13.8. The van der Waals surface area contributed by atoms with Crippen molar-refractivity contribution in [3.8, 4) is 11.3 Å². The highest BCUT2D eigenvalue weighted by molar-refractivity contribution is 5.96. The van der Waals surface area contributed by atoms with Crippen molar-refractivity contribution in [2.75, 3.05) is 13.2 Å². The Balaban J connectivity index is 1.75. The van der Waals surface area contributed by atoms with E-state index in [-0.39, 0.29) is 35.2 Å². The van der Waals surface area contributed by atoms with Gasteiger partial charge in [0.05, 0.1) is 18.0 Å². The van der Waals surface area contributed by atoms with Gasteiger partial charge in [0.25, 0.3) is 0 Å². The number of nitrogens with zero attached hydrogens (tertiary/aromatic N) is 3. The second-order valence-electron chi connectivity index (χ2n) is 6.56. The van der Waals surface area contributed by atoms with E-state index in [1.54, 1.807) is 0 Å². The van der Waals surface area contributed by atoms with Crippen molar-refractivity contribution < 1.29 is 31.8 Å². The van der Waals surface area contributed by atoms with Crippen LogP contribution in [0.2, 0.25) is 0 Å². The molecule has 29 heavy (non-hydrogen) atoms. The van der Waals surface area contributed by atoms with E-state index in [2.05, 4.69) is 10.1 Å². The number of ether oxygens (including phenoxy) is 2. The van der Waals surface area contributed by atoms with Gasteiger partial charge < -0.3 is 9.47 Å². The number of alkyl halides is 3. The van der Waals surface area contributed by atoms with Crippen molar-refractivity contribution in [1.82, 2.24) is 14.6 Å². The number of hydrogen-bond donors (Lipinski definition) is 0. The molecule has 0 aliphatic carbocycles. The fourth-order valence-electron chi connectivity index (χ4n) is 3.10. The maximum absolute atomic E-state index is 13.6. The van der Waals surface area contributed by atoms with Gasteiger partial charge in [-0.25, -0.2) is 18.7 Å². The zero-order valence-electron chi connectivity index (χ0n) is 14.9. The number of carbonyl (C=O) groups excluding carboxylic acids is 1. The van der Waals surface area contributed by atoms with E-state index < -0.39 is 23.7 Å². The van der Waals surface area contributed by atoms with Crippen LogP contribution in [0.15, 0.2) is 36.5 Å². The van der Waals surface area contributed by atoms with Gasteiger partial charge >= 0.3 is 12.1 Å². The number of aromatic nitrogens is 3. The summed E-state index contributed by atoms with van der Waals surface area (Å²) >= 11 is 0.